The summed E-state index contributed by atoms with van der Waals surface area (Å²) >= 11 is 11.6. The molecule has 0 aliphatic heterocycles. The van der Waals surface area contributed by atoms with Crippen LogP contribution in [0.1, 0.15) is 25.0 Å². The normalized spacial score (nSPS) is 24.8. The van der Waals surface area contributed by atoms with E-state index in [-0.39, 0.29) is 33.8 Å². The fourth-order valence-electron chi connectivity index (χ4n) is 4.40. The van der Waals surface area contributed by atoms with Crippen LogP contribution in [0.25, 0.3) is 11.1 Å². The van der Waals surface area contributed by atoms with E-state index in [2.05, 4.69) is 30.3 Å². The molecule has 3 atom stereocenters. The Morgan fingerprint density at radius 1 is 1.07 bits per heavy atom. The molecule has 2 aromatic rings. The molecule has 2 aliphatic carbocycles. The molecule has 0 heterocycles. The molecule has 2 nitrogen and oxygen atoms in total. The lowest BCUT2D eigenvalue weighted by Crippen LogP contribution is -2.21. The summed E-state index contributed by atoms with van der Waals surface area (Å²) in [6.45, 7) is 4.10. The van der Waals surface area contributed by atoms with E-state index in [4.69, 9.17) is 27.9 Å². The number of hydrogen-bond acceptors (Lipinski definition) is 2. The summed E-state index contributed by atoms with van der Waals surface area (Å²) in [4.78, 5) is 12.7. The largest absolute Gasteiger partial charge is 0.461 e. The van der Waals surface area contributed by atoms with Crippen molar-refractivity contribution in [2.24, 2.45) is 17.3 Å². The molecule has 4 heteroatoms. The standard InChI is InChI=1S/C23H22Cl2O2/c1-23(2)19(13-20(24)25)21(23)22(26)27-16-11-15-9-6-10-17(18(15)12-16)14-7-4-3-5-8-14/h3-10,13,16,19,21H,11-12H2,1-2H3/t16?,19-,21+/m1/s1. The molecular weight excluding hydrogens is 379 g/mol. The third-order valence-corrected chi connectivity index (χ3v) is 6.24. The predicted molar refractivity (Wildman–Crippen MR) is 110 cm³/mol. The van der Waals surface area contributed by atoms with Gasteiger partial charge in [0.1, 0.15) is 10.6 Å². The number of hydrogen-bond donors (Lipinski definition) is 0. The second-order valence-corrected chi connectivity index (χ2v) is 9.07. The van der Waals surface area contributed by atoms with Crippen molar-refractivity contribution < 1.29 is 9.53 Å². The van der Waals surface area contributed by atoms with E-state index in [1.807, 2.05) is 32.0 Å². The second-order valence-electron chi connectivity index (χ2n) is 8.06. The van der Waals surface area contributed by atoms with Crippen molar-refractivity contribution in [2.45, 2.75) is 32.8 Å². The number of fused-ring (bicyclic) bond motifs is 1. The van der Waals surface area contributed by atoms with Gasteiger partial charge in [-0.1, -0.05) is 85.6 Å². The zero-order chi connectivity index (χ0) is 19.2. The van der Waals surface area contributed by atoms with Gasteiger partial charge in [0.15, 0.2) is 0 Å². The Morgan fingerprint density at radius 3 is 2.52 bits per heavy atom. The number of esters is 1. The highest BCUT2D eigenvalue weighted by atomic mass is 35.5. The molecule has 0 bridgehead atoms. The molecular formula is C23H22Cl2O2. The van der Waals surface area contributed by atoms with Crippen molar-refractivity contribution in [3.63, 3.8) is 0 Å². The van der Waals surface area contributed by atoms with Crippen LogP contribution in [0.4, 0.5) is 0 Å². The molecule has 0 spiro atoms. The molecule has 0 saturated heterocycles. The average molecular weight is 401 g/mol. The second kappa shape index (κ2) is 7.00. The van der Waals surface area contributed by atoms with E-state index < -0.39 is 0 Å². The van der Waals surface area contributed by atoms with Gasteiger partial charge in [-0.25, -0.2) is 0 Å². The van der Waals surface area contributed by atoms with Crippen LogP contribution in [0.15, 0.2) is 59.1 Å². The van der Waals surface area contributed by atoms with E-state index in [1.54, 1.807) is 6.08 Å². The number of ether oxygens (including phenoxy) is 1. The lowest BCUT2D eigenvalue weighted by Gasteiger charge is -2.12. The lowest BCUT2D eigenvalue weighted by molar-refractivity contribution is -0.151. The zero-order valence-electron chi connectivity index (χ0n) is 15.4. The van der Waals surface area contributed by atoms with Gasteiger partial charge in [0.2, 0.25) is 0 Å². The van der Waals surface area contributed by atoms with Crippen molar-refractivity contribution in [3.8, 4) is 11.1 Å². The van der Waals surface area contributed by atoms with Crippen molar-refractivity contribution in [1.82, 2.24) is 0 Å². The molecule has 1 fully saturated rings. The number of carbonyl (C=O) groups is 1. The molecule has 2 aromatic carbocycles. The topological polar surface area (TPSA) is 26.3 Å². The number of halogens is 2. The van der Waals surface area contributed by atoms with Gasteiger partial charge in [-0.05, 0) is 39.7 Å². The van der Waals surface area contributed by atoms with E-state index >= 15 is 0 Å². The first-order valence-electron chi connectivity index (χ1n) is 9.27. The monoisotopic (exact) mass is 400 g/mol. The molecule has 27 heavy (non-hydrogen) atoms. The zero-order valence-corrected chi connectivity index (χ0v) is 16.9. The molecule has 0 radical (unpaired) electrons. The Kier molecular flexibility index (Phi) is 4.82. The summed E-state index contributed by atoms with van der Waals surface area (Å²) in [7, 11) is 0. The molecule has 1 unspecified atom stereocenters. The minimum atomic E-state index is -0.178. The van der Waals surface area contributed by atoms with Gasteiger partial charge in [-0.15, -0.1) is 0 Å². The van der Waals surface area contributed by atoms with E-state index in [0.29, 0.717) is 0 Å². The smallest absolute Gasteiger partial charge is 0.310 e. The maximum Gasteiger partial charge on any atom is 0.310 e. The Morgan fingerprint density at radius 2 is 1.81 bits per heavy atom. The average Bonchev–Trinajstić information content (AvgIpc) is 2.97. The first-order chi connectivity index (χ1) is 12.9. The molecule has 1 saturated carbocycles. The quantitative estimate of drug-likeness (QED) is 0.592. The minimum absolute atomic E-state index is 0.0404. The number of allylic oxidation sites excluding steroid dienone is 1. The Labute approximate surface area is 170 Å². The third-order valence-electron chi connectivity index (χ3n) is 5.99. The van der Waals surface area contributed by atoms with Crippen LogP contribution in [0.5, 0.6) is 0 Å². The van der Waals surface area contributed by atoms with E-state index in [9.17, 15) is 4.79 Å². The molecule has 0 N–H and O–H groups in total. The Bertz CT molecular complexity index is 898. The molecule has 0 amide bonds. The van der Waals surface area contributed by atoms with E-state index in [0.717, 1.165) is 12.8 Å². The van der Waals surface area contributed by atoms with Crippen molar-refractivity contribution in [1.29, 1.82) is 0 Å². The number of benzene rings is 2. The SMILES string of the molecule is CC1(C)[C@H](C=C(Cl)Cl)[C@H]1C(=O)OC1Cc2cccc(-c3ccccc3)c2C1. The summed E-state index contributed by atoms with van der Waals surface area (Å²) in [6.07, 6.45) is 3.18. The predicted octanol–water partition coefficient (Wildman–Crippen LogP) is 5.96. The molecule has 2 aliphatic rings. The van der Waals surface area contributed by atoms with Crippen LogP contribution in [0.2, 0.25) is 0 Å². The highest BCUT2D eigenvalue weighted by Gasteiger charge is 2.62. The minimum Gasteiger partial charge on any atom is -0.461 e. The highest BCUT2D eigenvalue weighted by Crippen LogP contribution is 2.60. The van der Waals surface area contributed by atoms with Gasteiger partial charge in [-0.2, -0.15) is 0 Å². The van der Waals surface area contributed by atoms with Crippen LogP contribution in [-0.2, 0) is 22.4 Å². The molecule has 0 aromatic heterocycles. The van der Waals surface area contributed by atoms with Crippen LogP contribution < -0.4 is 0 Å². The fraction of sp³-hybridized carbons (Fsp3) is 0.348. The summed E-state index contributed by atoms with van der Waals surface area (Å²) in [5.74, 6) is -0.282. The van der Waals surface area contributed by atoms with Crippen molar-refractivity contribution >= 4 is 29.2 Å². The first kappa shape index (κ1) is 18.6. The van der Waals surface area contributed by atoms with Gasteiger partial charge in [0.25, 0.3) is 0 Å². The Hall–Kier alpha value is -1.77. The molecule has 140 valence electrons. The van der Waals surface area contributed by atoms with Gasteiger partial charge in [-0.3, -0.25) is 4.79 Å². The summed E-state index contributed by atoms with van der Waals surface area (Å²) in [5, 5.41) is 0. The third kappa shape index (κ3) is 3.53. The molecule has 4 rings (SSSR count). The van der Waals surface area contributed by atoms with Crippen LogP contribution in [0.3, 0.4) is 0 Å². The van der Waals surface area contributed by atoms with Gasteiger partial charge in [0, 0.05) is 12.8 Å². The first-order valence-corrected chi connectivity index (χ1v) is 10.0. The van der Waals surface area contributed by atoms with E-state index in [1.165, 1.54) is 22.3 Å². The van der Waals surface area contributed by atoms with Gasteiger partial charge in [0.05, 0.1) is 5.92 Å². The Balaban J connectivity index is 1.49. The number of rotatable bonds is 4. The lowest BCUT2D eigenvalue weighted by atomic mass is 9.97. The maximum absolute atomic E-state index is 12.7. The summed E-state index contributed by atoms with van der Waals surface area (Å²) < 4.78 is 6.11. The fourth-order valence-corrected chi connectivity index (χ4v) is 4.67. The van der Waals surface area contributed by atoms with Crippen LogP contribution >= 0.6 is 23.2 Å². The van der Waals surface area contributed by atoms with Gasteiger partial charge >= 0.3 is 5.97 Å². The van der Waals surface area contributed by atoms with Crippen molar-refractivity contribution in [3.05, 3.63) is 70.2 Å². The maximum atomic E-state index is 12.7. The summed E-state index contributed by atoms with van der Waals surface area (Å²) in [6, 6.07) is 16.7. The van der Waals surface area contributed by atoms with Crippen molar-refractivity contribution in [2.75, 3.05) is 0 Å². The highest BCUT2D eigenvalue weighted by molar-refractivity contribution is 6.55. The van der Waals surface area contributed by atoms with Crippen LogP contribution in [0, 0.1) is 17.3 Å². The summed E-state index contributed by atoms with van der Waals surface area (Å²) in [5.41, 5.74) is 4.83. The van der Waals surface area contributed by atoms with Gasteiger partial charge < -0.3 is 4.74 Å². The number of carbonyl (C=O) groups excluding carboxylic acids is 1. The van der Waals surface area contributed by atoms with Crippen LogP contribution in [-0.4, -0.2) is 12.1 Å².